The Morgan fingerprint density at radius 1 is 1.17 bits per heavy atom. The van der Waals surface area contributed by atoms with Crippen molar-refractivity contribution >= 4 is 17.6 Å². The molecular formula is C12H7F3O2S. The summed E-state index contributed by atoms with van der Waals surface area (Å²) in [5.74, 6) is -0.485. The van der Waals surface area contributed by atoms with E-state index in [4.69, 9.17) is 0 Å². The molecule has 0 amide bonds. The molecular weight excluding hydrogens is 265 g/mol. The fourth-order valence-corrected chi connectivity index (χ4v) is 2.12. The van der Waals surface area contributed by atoms with Crippen LogP contribution in [-0.4, -0.2) is 12.6 Å². The average molecular weight is 272 g/mol. The minimum atomic E-state index is -4.81. The minimum absolute atomic E-state index is 0.133. The van der Waals surface area contributed by atoms with Crippen LogP contribution in [0.25, 0.3) is 11.1 Å². The summed E-state index contributed by atoms with van der Waals surface area (Å²) in [6.07, 6.45) is -4.48. The van der Waals surface area contributed by atoms with Gasteiger partial charge in [-0.1, -0.05) is 6.07 Å². The van der Waals surface area contributed by atoms with Gasteiger partial charge in [0.1, 0.15) is 5.75 Å². The summed E-state index contributed by atoms with van der Waals surface area (Å²) in [6, 6.07) is 5.87. The van der Waals surface area contributed by atoms with Crippen LogP contribution >= 0.6 is 11.3 Å². The van der Waals surface area contributed by atoms with E-state index in [0.717, 1.165) is 5.56 Å². The molecule has 6 heteroatoms. The standard InChI is InChI=1S/C12H7F3O2S/c13-12(14,15)17-11-5-8(1-2-9(11)6-16)10-3-4-18-7-10/h1-7H. The first-order chi connectivity index (χ1) is 8.49. The summed E-state index contributed by atoms with van der Waals surface area (Å²) in [4.78, 5) is 10.7. The molecule has 1 aromatic carbocycles. The highest BCUT2D eigenvalue weighted by atomic mass is 32.1. The quantitative estimate of drug-likeness (QED) is 0.785. The molecule has 0 fully saturated rings. The van der Waals surface area contributed by atoms with Gasteiger partial charge in [0.25, 0.3) is 0 Å². The van der Waals surface area contributed by atoms with Crippen LogP contribution in [0.3, 0.4) is 0 Å². The molecule has 0 radical (unpaired) electrons. The van der Waals surface area contributed by atoms with Gasteiger partial charge < -0.3 is 4.74 Å². The van der Waals surface area contributed by atoms with Crippen molar-refractivity contribution in [2.75, 3.05) is 0 Å². The van der Waals surface area contributed by atoms with Gasteiger partial charge in [-0.05, 0) is 40.1 Å². The van der Waals surface area contributed by atoms with Crippen molar-refractivity contribution in [1.29, 1.82) is 0 Å². The maximum atomic E-state index is 12.2. The molecule has 0 saturated carbocycles. The maximum Gasteiger partial charge on any atom is 0.573 e. The predicted octanol–water partition coefficient (Wildman–Crippen LogP) is 4.13. The zero-order valence-electron chi connectivity index (χ0n) is 8.90. The topological polar surface area (TPSA) is 26.3 Å². The van der Waals surface area contributed by atoms with Gasteiger partial charge in [-0.15, -0.1) is 13.2 Å². The van der Waals surface area contributed by atoms with E-state index in [-0.39, 0.29) is 5.56 Å². The number of carbonyl (C=O) groups is 1. The van der Waals surface area contributed by atoms with Gasteiger partial charge in [0, 0.05) is 0 Å². The van der Waals surface area contributed by atoms with Gasteiger partial charge in [0.05, 0.1) is 5.56 Å². The molecule has 1 aromatic heterocycles. The summed E-state index contributed by atoms with van der Waals surface area (Å²) in [7, 11) is 0. The first-order valence-corrected chi connectivity index (χ1v) is 5.81. The number of ether oxygens (including phenoxy) is 1. The van der Waals surface area contributed by atoms with Gasteiger partial charge in [0.2, 0.25) is 0 Å². The molecule has 0 N–H and O–H groups in total. The SMILES string of the molecule is O=Cc1ccc(-c2ccsc2)cc1OC(F)(F)F. The lowest BCUT2D eigenvalue weighted by atomic mass is 10.1. The molecule has 0 unspecified atom stereocenters. The first kappa shape index (κ1) is 12.6. The highest BCUT2D eigenvalue weighted by molar-refractivity contribution is 7.08. The van der Waals surface area contributed by atoms with E-state index >= 15 is 0 Å². The summed E-state index contributed by atoms with van der Waals surface area (Å²) >= 11 is 1.43. The summed E-state index contributed by atoms with van der Waals surface area (Å²) in [5.41, 5.74) is 1.22. The Labute approximate surface area is 105 Å². The lowest BCUT2D eigenvalue weighted by Gasteiger charge is -2.11. The number of alkyl halides is 3. The Kier molecular flexibility index (Phi) is 3.38. The number of benzene rings is 1. The monoisotopic (exact) mass is 272 g/mol. The summed E-state index contributed by atoms with van der Waals surface area (Å²) in [6.45, 7) is 0. The third-order valence-corrected chi connectivity index (χ3v) is 2.90. The Morgan fingerprint density at radius 2 is 1.94 bits per heavy atom. The molecule has 0 aliphatic heterocycles. The van der Waals surface area contributed by atoms with E-state index in [2.05, 4.69) is 4.74 Å². The van der Waals surface area contributed by atoms with Crippen molar-refractivity contribution < 1.29 is 22.7 Å². The zero-order valence-corrected chi connectivity index (χ0v) is 9.72. The van der Waals surface area contributed by atoms with Crippen LogP contribution in [0, 0.1) is 0 Å². The van der Waals surface area contributed by atoms with Gasteiger partial charge in [-0.3, -0.25) is 4.79 Å². The highest BCUT2D eigenvalue weighted by Crippen LogP contribution is 2.31. The van der Waals surface area contributed by atoms with E-state index < -0.39 is 12.1 Å². The summed E-state index contributed by atoms with van der Waals surface area (Å²) < 4.78 is 40.4. The molecule has 0 bridgehead atoms. The molecule has 2 nitrogen and oxygen atoms in total. The largest absolute Gasteiger partial charge is 0.573 e. The molecule has 1 heterocycles. The number of aldehydes is 1. The molecule has 0 saturated heterocycles. The van der Waals surface area contributed by atoms with Gasteiger partial charge in [0.15, 0.2) is 6.29 Å². The zero-order chi connectivity index (χ0) is 13.2. The Hall–Kier alpha value is -1.82. The number of hydrogen-bond acceptors (Lipinski definition) is 3. The second-order valence-electron chi connectivity index (χ2n) is 3.43. The fourth-order valence-electron chi connectivity index (χ4n) is 1.45. The minimum Gasteiger partial charge on any atom is -0.405 e. The maximum absolute atomic E-state index is 12.2. The van der Waals surface area contributed by atoms with Gasteiger partial charge in [-0.2, -0.15) is 11.3 Å². The molecule has 0 aliphatic rings. The normalized spacial score (nSPS) is 11.3. The number of hydrogen-bond donors (Lipinski definition) is 0. The Morgan fingerprint density at radius 3 is 2.50 bits per heavy atom. The van der Waals surface area contributed by atoms with E-state index in [9.17, 15) is 18.0 Å². The molecule has 0 spiro atoms. The van der Waals surface area contributed by atoms with Crippen molar-refractivity contribution in [1.82, 2.24) is 0 Å². The third-order valence-electron chi connectivity index (χ3n) is 2.22. The van der Waals surface area contributed by atoms with E-state index in [1.165, 1.54) is 23.5 Å². The molecule has 2 aromatic rings. The average Bonchev–Trinajstić information content (AvgIpc) is 2.80. The van der Waals surface area contributed by atoms with Crippen molar-refractivity contribution in [3.05, 3.63) is 40.6 Å². The van der Waals surface area contributed by atoms with Crippen molar-refractivity contribution in [3.8, 4) is 16.9 Å². The van der Waals surface area contributed by atoms with Crippen LogP contribution in [0.5, 0.6) is 5.75 Å². The first-order valence-electron chi connectivity index (χ1n) is 4.87. The van der Waals surface area contributed by atoms with Crippen LogP contribution in [0.4, 0.5) is 13.2 Å². The van der Waals surface area contributed by atoms with Crippen LogP contribution < -0.4 is 4.74 Å². The fraction of sp³-hybridized carbons (Fsp3) is 0.0833. The lowest BCUT2D eigenvalue weighted by Crippen LogP contribution is -2.18. The van der Waals surface area contributed by atoms with Crippen LogP contribution in [0.2, 0.25) is 0 Å². The number of rotatable bonds is 3. The van der Waals surface area contributed by atoms with Crippen LogP contribution in [0.15, 0.2) is 35.0 Å². The number of thiophene rings is 1. The second-order valence-corrected chi connectivity index (χ2v) is 4.21. The third kappa shape index (κ3) is 2.89. The number of carbonyl (C=O) groups excluding carboxylic acids is 1. The van der Waals surface area contributed by atoms with E-state index in [0.29, 0.717) is 11.8 Å². The van der Waals surface area contributed by atoms with Gasteiger partial charge >= 0.3 is 6.36 Å². The predicted molar refractivity (Wildman–Crippen MR) is 61.8 cm³/mol. The molecule has 18 heavy (non-hydrogen) atoms. The second kappa shape index (κ2) is 4.81. The molecule has 0 atom stereocenters. The molecule has 2 rings (SSSR count). The van der Waals surface area contributed by atoms with Crippen LogP contribution in [0.1, 0.15) is 10.4 Å². The van der Waals surface area contributed by atoms with Crippen molar-refractivity contribution in [2.24, 2.45) is 0 Å². The van der Waals surface area contributed by atoms with Crippen LogP contribution in [-0.2, 0) is 0 Å². The summed E-state index contributed by atoms with van der Waals surface area (Å²) in [5, 5.41) is 3.61. The van der Waals surface area contributed by atoms with Gasteiger partial charge in [-0.25, -0.2) is 0 Å². The van der Waals surface area contributed by atoms with Crippen molar-refractivity contribution in [2.45, 2.75) is 6.36 Å². The highest BCUT2D eigenvalue weighted by Gasteiger charge is 2.32. The Bertz CT molecular complexity index is 547. The number of halogens is 3. The Balaban J connectivity index is 2.42. The van der Waals surface area contributed by atoms with E-state index in [1.807, 2.05) is 5.38 Å². The van der Waals surface area contributed by atoms with Crippen molar-refractivity contribution in [3.63, 3.8) is 0 Å². The lowest BCUT2D eigenvalue weighted by molar-refractivity contribution is -0.274. The van der Waals surface area contributed by atoms with E-state index in [1.54, 1.807) is 17.5 Å². The molecule has 94 valence electrons. The molecule has 0 aliphatic carbocycles. The smallest absolute Gasteiger partial charge is 0.405 e.